The minimum Gasteiger partial charge on any atom is -0.497 e. The molecule has 0 aromatic heterocycles. The number of methoxy groups -OCH3 is 2. The Morgan fingerprint density at radius 1 is 0.710 bits per heavy atom. The van der Waals surface area contributed by atoms with Gasteiger partial charge in [-0.3, -0.25) is 0 Å². The summed E-state index contributed by atoms with van der Waals surface area (Å²) in [6.45, 7) is 6.92. The monoisotopic (exact) mass is 424 g/mol. The molecule has 0 spiro atoms. The van der Waals surface area contributed by atoms with Gasteiger partial charge in [-0.2, -0.15) is 0 Å². The van der Waals surface area contributed by atoms with Gasteiger partial charge in [0.15, 0.2) is 0 Å². The fourth-order valence-electron chi connectivity index (χ4n) is 3.00. The quantitative estimate of drug-likeness (QED) is 0.256. The van der Waals surface area contributed by atoms with Crippen molar-refractivity contribution in [2.24, 2.45) is 0 Å². The summed E-state index contributed by atoms with van der Waals surface area (Å²) in [5.74, 6) is 1.73. The van der Waals surface area contributed by atoms with Gasteiger partial charge in [0.1, 0.15) is 11.5 Å². The molecule has 0 saturated heterocycles. The molecule has 2 aromatic carbocycles. The zero-order chi connectivity index (χ0) is 22.3. The van der Waals surface area contributed by atoms with Crippen molar-refractivity contribution in [1.82, 2.24) is 0 Å². The van der Waals surface area contributed by atoms with Crippen molar-refractivity contribution in [3.05, 3.63) is 83.0 Å². The van der Waals surface area contributed by atoms with Crippen molar-refractivity contribution in [3.63, 3.8) is 0 Å². The Balaban J connectivity index is 1.73. The van der Waals surface area contributed by atoms with Crippen molar-refractivity contribution < 1.29 is 18.9 Å². The van der Waals surface area contributed by atoms with Crippen LogP contribution < -0.4 is 9.47 Å². The van der Waals surface area contributed by atoms with Crippen LogP contribution in [0.15, 0.2) is 71.8 Å². The second-order valence-corrected chi connectivity index (χ2v) is 7.69. The van der Waals surface area contributed by atoms with E-state index < -0.39 is 0 Å². The molecule has 4 nitrogen and oxygen atoms in total. The van der Waals surface area contributed by atoms with E-state index >= 15 is 0 Å². The number of ether oxygens (including phenoxy) is 4. The van der Waals surface area contributed by atoms with Gasteiger partial charge < -0.3 is 18.9 Å². The summed E-state index contributed by atoms with van der Waals surface area (Å²) in [5, 5.41) is 0. The molecule has 0 unspecified atom stereocenters. The van der Waals surface area contributed by atoms with Gasteiger partial charge in [0.2, 0.25) is 0 Å². The summed E-state index contributed by atoms with van der Waals surface area (Å²) in [4.78, 5) is 0. The molecule has 0 fully saturated rings. The van der Waals surface area contributed by atoms with Gasteiger partial charge in [-0.25, -0.2) is 0 Å². The van der Waals surface area contributed by atoms with E-state index in [4.69, 9.17) is 18.9 Å². The van der Waals surface area contributed by atoms with Crippen LogP contribution in [0.25, 0.3) is 0 Å². The minimum atomic E-state index is 0.616. The molecule has 4 heteroatoms. The van der Waals surface area contributed by atoms with Crippen LogP contribution in [0.4, 0.5) is 0 Å². The standard InChI is InChI=1S/C27H36O4/c1-22(2)7-8-23(17-19-31-21-25-11-15-27(29-4)16-12-25)6-5-18-30-20-24-9-13-26(28-3)14-10-24/h6-7,9-16H,5,8,17-21H2,1-4H3/b23-6+. The number of hydrogen-bond donors (Lipinski definition) is 0. The van der Waals surface area contributed by atoms with Crippen molar-refractivity contribution in [1.29, 1.82) is 0 Å². The summed E-state index contributed by atoms with van der Waals surface area (Å²) in [6, 6.07) is 16.0. The Hall–Kier alpha value is -2.56. The number of rotatable bonds is 14. The average Bonchev–Trinajstić information content (AvgIpc) is 2.80. The molecule has 0 radical (unpaired) electrons. The Labute approximate surface area is 187 Å². The van der Waals surface area contributed by atoms with Crippen molar-refractivity contribution >= 4 is 0 Å². The third kappa shape index (κ3) is 10.3. The summed E-state index contributed by atoms with van der Waals surface area (Å²) >= 11 is 0. The molecule has 0 N–H and O–H groups in total. The number of hydrogen-bond acceptors (Lipinski definition) is 4. The van der Waals surface area contributed by atoms with Crippen LogP contribution in [0.3, 0.4) is 0 Å². The van der Waals surface area contributed by atoms with Gasteiger partial charge in [0, 0.05) is 0 Å². The molecule has 0 saturated carbocycles. The molecule has 2 rings (SSSR count). The third-order valence-corrected chi connectivity index (χ3v) is 4.89. The molecule has 31 heavy (non-hydrogen) atoms. The van der Waals surface area contributed by atoms with Gasteiger partial charge in [-0.1, -0.05) is 47.6 Å². The first-order valence-electron chi connectivity index (χ1n) is 10.8. The highest BCUT2D eigenvalue weighted by Gasteiger charge is 2.00. The molecule has 168 valence electrons. The highest BCUT2D eigenvalue weighted by molar-refractivity contribution is 5.27. The minimum absolute atomic E-state index is 0.616. The van der Waals surface area contributed by atoms with Gasteiger partial charge in [0.05, 0.1) is 40.6 Å². The Morgan fingerprint density at radius 2 is 1.23 bits per heavy atom. The first-order valence-corrected chi connectivity index (χ1v) is 10.8. The van der Waals surface area contributed by atoms with Crippen molar-refractivity contribution in [2.45, 2.75) is 46.3 Å². The first kappa shape index (κ1) is 24.7. The summed E-state index contributed by atoms with van der Waals surface area (Å²) in [5.41, 5.74) is 5.04. The summed E-state index contributed by atoms with van der Waals surface area (Å²) < 4.78 is 22.1. The molecule has 0 aliphatic heterocycles. The van der Waals surface area contributed by atoms with Crippen molar-refractivity contribution in [2.75, 3.05) is 27.4 Å². The van der Waals surface area contributed by atoms with Crippen LogP contribution in [0.5, 0.6) is 11.5 Å². The number of benzene rings is 2. The molecule has 0 amide bonds. The van der Waals surface area contributed by atoms with Gasteiger partial charge in [-0.15, -0.1) is 0 Å². The maximum Gasteiger partial charge on any atom is 0.118 e. The molecule has 0 atom stereocenters. The van der Waals surface area contributed by atoms with Crippen LogP contribution in [0, 0.1) is 0 Å². The van der Waals surface area contributed by atoms with Crippen LogP contribution in [-0.2, 0) is 22.7 Å². The zero-order valence-corrected chi connectivity index (χ0v) is 19.4. The fraction of sp³-hybridized carbons (Fsp3) is 0.407. The van der Waals surface area contributed by atoms with Crippen LogP contribution >= 0.6 is 0 Å². The molecule has 0 bridgehead atoms. The van der Waals surface area contributed by atoms with Crippen molar-refractivity contribution in [3.8, 4) is 11.5 Å². The lowest BCUT2D eigenvalue weighted by atomic mass is 10.1. The fourth-order valence-corrected chi connectivity index (χ4v) is 3.00. The predicted molar refractivity (Wildman–Crippen MR) is 127 cm³/mol. The SMILES string of the molecule is COc1ccc(COCC/C=C(\CC=C(C)C)CCOCc2ccc(OC)cc2)cc1. The Bertz CT molecular complexity index is 800. The first-order chi connectivity index (χ1) is 15.1. The second-order valence-electron chi connectivity index (χ2n) is 7.69. The smallest absolute Gasteiger partial charge is 0.118 e. The largest absolute Gasteiger partial charge is 0.497 e. The lowest BCUT2D eigenvalue weighted by molar-refractivity contribution is 0.121. The molecule has 0 aliphatic carbocycles. The predicted octanol–water partition coefficient (Wildman–Crippen LogP) is 6.50. The Morgan fingerprint density at radius 3 is 1.71 bits per heavy atom. The molecule has 0 aliphatic rings. The maximum absolute atomic E-state index is 5.89. The highest BCUT2D eigenvalue weighted by atomic mass is 16.5. The van der Waals surface area contributed by atoms with Gasteiger partial charge in [-0.05, 0) is 68.5 Å². The van der Waals surface area contributed by atoms with E-state index in [0.29, 0.717) is 26.4 Å². The van der Waals surface area contributed by atoms with Gasteiger partial charge in [0.25, 0.3) is 0 Å². The topological polar surface area (TPSA) is 36.9 Å². The average molecular weight is 425 g/mol. The Kier molecular flexibility index (Phi) is 11.5. The second kappa shape index (κ2) is 14.4. The molecular formula is C27H36O4. The number of allylic oxidation sites excluding steroid dienone is 2. The van der Waals surface area contributed by atoms with Crippen LogP contribution in [-0.4, -0.2) is 27.4 Å². The van der Waals surface area contributed by atoms with E-state index in [2.05, 4.69) is 26.0 Å². The van der Waals surface area contributed by atoms with E-state index in [1.807, 2.05) is 48.5 Å². The van der Waals surface area contributed by atoms with E-state index in [9.17, 15) is 0 Å². The normalized spacial score (nSPS) is 11.3. The van der Waals surface area contributed by atoms with Crippen LogP contribution in [0.1, 0.15) is 44.2 Å². The van der Waals surface area contributed by atoms with E-state index in [1.54, 1.807) is 14.2 Å². The molecule has 0 heterocycles. The highest BCUT2D eigenvalue weighted by Crippen LogP contribution is 2.15. The summed E-state index contributed by atoms with van der Waals surface area (Å²) in [6.07, 6.45) is 7.36. The van der Waals surface area contributed by atoms with Crippen LogP contribution in [0.2, 0.25) is 0 Å². The maximum atomic E-state index is 5.89. The van der Waals surface area contributed by atoms with Gasteiger partial charge >= 0.3 is 0 Å². The zero-order valence-electron chi connectivity index (χ0n) is 19.4. The van der Waals surface area contributed by atoms with E-state index in [0.717, 1.165) is 41.9 Å². The summed E-state index contributed by atoms with van der Waals surface area (Å²) in [7, 11) is 3.35. The van der Waals surface area contributed by atoms with E-state index in [-0.39, 0.29) is 0 Å². The third-order valence-electron chi connectivity index (χ3n) is 4.89. The van der Waals surface area contributed by atoms with E-state index in [1.165, 1.54) is 11.1 Å². The molecule has 2 aromatic rings. The lowest BCUT2D eigenvalue weighted by Gasteiger charge is -2.09. The lowest BCUT2D eigenvalue weighted by Crippen LogP contribution is -1.99. The molecular weight excluding hydrogens is 388 g/mol.